The number of ether oxygens (including phenoxy) is 4. The number of hydrogen-bond acceptors (Lipinski definition) is 15. The molecule has 0 aromatic heterocycles. The molecule has 0 spiro atoms. The highest BCUT2D eigenvalue weighted by Gasteiger charge is 2.30. The van der Waals surface area contributed by atoms with Crippen LogP contribution in [0.1, 0.15) is 344 Å². The Morgan fingerprint density at radius 3 is 0.864 bits per heavy atom. The normalized spacial score (nSPS) is 14.9. The smallest absolute Gasteiger partial charge is 0.462 e. The van der Waals surface area contributed by atoms with Gasteiger partial charge < -0.3 is 33.8 Å². The van der Waals surface area contributed by atoms with E-state index in [1.807, 2.05) is 0 Å². The molecule has 3 N–H and O–H groups in total. The van der Waals surface area contributed by atoms with Gasteiger partial charge in [-0.15, -0.1) is 0 Å². The van der Waals surface area contributed by atoms with Crippen LogP contribution in [-0.2, 0) is 65.4 Å². The van der Waals surface area contributed by atoms with Crippen LogP contribution in [0.5, 0.6) is 0 Å². The molecular formula is C69H134O17P2. The third-order valence-corrected chi connectivity index (χ3v) is 18.5. The molecule has 0 aliphatic heterocycles. The number of aliphatic hydroxyl groups excluding tert-OH is 1. The Labute approximate surface area is 537 Å². The molecule has 0 radical (unpaired) electrons. The topological polar surface area (TPSA) is 237 Å². The maximum Gasteiger partial charge on any atom is 0.472 e. The maximum absolute atomic E-state index is 13.0. The summed E-state index contributed by atoms with van der Waals surface area (Å²) in [5.41, 5.74) is 0. The molecule has 17 nitrogen and oxygen atoms in total. The molecule has 19 heteroatoms. The van der Waals surface area contributed by atoms with Crippen molar-refractivity contribution in [1.82, 2.24) is 0 Å². The summed E-state index contributed by atoms with van der Waals surface area (Å²) in [7, 11) is -9.90. The SMILES string of the molecule is CCCCCCCCCCCCCC(=O)OC[C@H](COP(=O)(O)OC[C@H](O)COP(=O)(O)OC[C@@H](COC(=O)CCCCCCCCCCC(C)CC)OC(=O)CCCCCCCCCCCCC(C)CC)OC(=O)CCCCCCCCCCC(C)C. The van der Waals surface area contributed by atoms with E-state index in [1.54, 1.807) is 0 Å². The third kappa shape index (κ3) is 60.3. The van der Waals surface area contributed by atoms with Gasteiger partial charge in [0.2, 0.25) is 0 Å². The van der Waals surface area contributed by atoms with Gasteiger partial charge in [-0.25, -0.2) is 9.13 Å². The number of unbranched alkanes of at least 4 members (excludes halogenated alkanes) is 33. The highest BCUT2D eigenvalue weighted by atomic mass is 31.2. The molecule has 0 saturated carbocycles. The number of rotatable bonds is 67. The lowest BCUT2D eigenvalue weighted by Gasteiger charge is -2.21. The van der Waals surface area contributed by atoms with E-state index in [9.17, 15) is 43.2 Å². The van der Waals surface area contributed by atoms with E-state index in [2.05, 4.69) is 48.5 Å². The average molecular weight is 1300 g/mol. The van der Waals surface area contributed by atoms with E-state index in [-0.39, 0.29) is 25.7 Å². The summed E-state index contributed by atoms with van der Waals surface area (Å²) >= 11 is 0. The Morgan fingerprint density at radius 1 is 0.330 bits per heavy atom. The van der Waals surface area contributed by atoms with Gasteiger partial charge in [0, 0.05) is 25.7 Å². The number of phosphoric acid groups is 2. The number of phosphoric ester groups is 2. The zero-order valence-electron chi connectivity index (χ0n) is 57.2. The summed E-state index contributed by atoms with van der Waals surface area (Å²) in [6.07, 6.45) is 42.9. The highest BCUT2D eigenvalue weighted by molar-refractivity contribution is 7.47. The minimum Gasteiger partial charge on any atom is -0.462 e. The zero-order chi connectivity index (χ0) is 65.2. The van der Waals surface area contributed by atoms with Crippen molar-refractivity contribution >= 4 is 39.5 Å². The van der Waals surface area contributed by atoms with Crippen molar-refractivity contribution in [3.05, 3.63) is 0 Å². The molecule has 0 rings (SSSR count). The summed E-state index contributed by atoms with van der Waals surface area (Å²) < 4.78 is 68.2. The van der Waals surface area contributed by atoms with Gasteiger partial charge in [-0.3, -0.25) is 37.3 Å². The molecule has 4 unspecified atom stereocenters. The summed E-state index contributed by atoms with van der Waals surface area (Å²) in [5.74, 6) is 0.170. The second-order valence-corrected chi connectivity index (χ2v) is 28.8. The molecule has 0 heterocycles. The predicted molar refractivity (Wildman–Crippen MR) is 354 cm³/mol. The highest BCUT2D eigenvalue weighted by Crippen LogP contribution is 2.45. The fraction of sp³-hybridized carbons (Fsp3) is 0.942. The summed E-state index contributed by atoms with van der Waals surface area (Å²) in [4.78, 5) is 72.5. The number of carbonyl (C=O) groups excluding carboxylic acids is 4. The van der Waals surface area contributed by atoms with Crippen LogP contribution in [0.2, 0.25) is 0 Å². The Morgan fingerprint density at radius 2 is 0.580 bits per heavy atom. The molecule has 0 saturated heterocycles. The molecule has 88 heavy (non-hydrogen) atoms. The van der Waals surface area contributed by atoms with E-state index < -0.39 is 97.5 Å². The molecule has 0 aliphatic rings. The minimum absolute atomic E-state index is 0.104. The Hall–Kier alpha value is -1.94. The second-order valence-electron chi connectivity index (χ2n) is 25.9. The Bertz CT molecular complexity index is 1740. The van der Waals surface area contributed by atoms with E-state index in [1.165, 1.54) is 154 Å². The lowest BCUT2D eigenvalue weighted by atomic mass is 9.99. The lowest BCUT2D eigenvalue weighted by molar-refractivity contribution is -0.161. The quantitative estimate of drug-likeness (QED) is 0.0222. The Balaban J connectivity index is 5.27. The van der Waals surface area contributed by atoms with Crippen molar-refractivity contribution in [1.29, 1.82) is 0 Å². The summed E-state index contributed by atoms with van der Waals surface area (Å²) in [6.45, 7) is 11.8. The van der Waals surface area contributed by atoms with E-state index >= 15 is 0 Å². The zero-order valence-corrected chi connectivity index (χ0v) is 59.0. The summed E-state index contributed by atoms with van der Waals surface area (Å²) in [6, 6.07) is 0. The number of esters is 4. The van der Waals surface area contributed by atoms with E-state index in [0.717, 1.165) is 108 Å². The van der Waals surface area contributed by atoms with Crippen molar-refractivity contribution in [2.75, 3.05) is 39.6 Å². The summed E-state index contributed by atoms with van der Waals surface area (Å²) in [5, 5.41) is 10.6. The molecular weight excluding hydrogens is 1160 g/mol. The van der Waals surface area contributed by atoms with Crippen LogP contribution in [0.4, 0.5) is 0 Å². The van der Waals surface area contributed by atoms with Crippen LogP contribution in [0.15, 0.2) is 0 Å². The average Bonchev–Trinajstić information content (AvgIpc) is 3.62. The van der Waals surface area contributed by atoms with Gasteiger partial charge in [0.25, 0.3) is 0 Å². The van der Waals surface area contributed by atoms with Crippen molar-refractivity contribution in [2.45, 2.75) is 362 Å². The largest absolute Gasteiger partial charge is 0.472 e. The van der Waals surface area contributed by atoms with Gasteiger partial charge in [0.1, 0.15) is 19.3 Å². The van der Waals surface area contributed by atoms with Crippen LogP contribution in [0.25, 0.3) is 0 Å². The first-order valence-corrected chi connectivity index (χ1v) is 38.9. The fourth-order valence-corrected chi connectivity index (χ4v) is 11.9. The molecule has 7 atom stereocenters. The fourth-order valence-electron chi connectivity index (χ4n) is 10.3. The Kier molecular flexibility index (Phi) is 58.7. The molecule has 0 amide bonds. The van der Waals surface area contributed by atoms with Crippen molar-refractivity contribution < 1.29 is 80.2 Å². The van der Waals surface area contributed by atoms with Crippen LogP contribution in [-0.4, -0.2) is 96.7 Å². The first kappa shape index (κ1) is 86.1. The molecule has 0 aromatic carbocycles. The van der Waals surface area contributed by atoms with Gasteiger partial charge in [-0.1, -0.05) is 292 Å². The van der Waals surface area contributed by atoms with Crippen LogP contribution < -0.4 is 0 Å². The van der Waals surface area contributed by atoms with E-state index in [0.29, 0.717) is 25.7 Å². The first-order chi connectivity index (χ1) is 42.3. The van der Waals surface area contributed by atoms with Crippen molar-refractivity contribution in [3.8, 4) is 0 Å². The van der Waals surface area contributed by atoms with E-state index in [4.69, 9.17) is 37.0 Å². The lowest BCUT2D eigenvalue weighted by Crippen LogP contribution is -2.30. The molecule has 0 bridgehead atoms. The molecule has 0 aliphatic carbocycles. The molecule has 522 valence electrons. The number of carbonyl (C=O) groups is 4. The van der Waals surface area contributed by atoms with Gasteiger partial charge >= 0.3 is 39.5 Å². The van der Waals surface area contributed by atoms with Crippen LogP contribution in [0.3, 0.4) is 0 Å². The number of aliphatic hydroxyl groups is 1. The predicted octanol–water partition coefficient (Wildman–Crippen LogP) is 19.5. The molecule has 0 aromatic rings. The minimum atomic E-state index is -4.95. The molecule has 0 fully saturated rings. The van der Waals surface area contributed by atoms with Gasteiger partial charge in [0.05, 0.1) is 26.4 Å². The first-order valence-electron chi connectivity index (χ1n) is 35.9. The maximum atomic E-state index is 13.0. The monoisotopic (exact) mass is 1300 g/mol. The third-order valence-electron chi connectivity index (χ3n) is 16.6. The van der Waals surface area contributed by atoms with Gasteiger partial charge in [-0.05, 0) is 43.4 Å². The second kappa shape index (κ2) is 60.0. The van der Waals surface area contributed by atoms with Gasteiger partial charge in [-0.2, -0.15) is 0 Å². The van der Waals surface area contributed by atoms with Crippen molar-refractivity contribution in [2.24, 2.45) is 17.8 Å². The van der Waals surface area contributed by atoms with Crippen LogP contribution >= 0.6 is 15.6 Å². The van der Waals surface area contributed by atoms with Crippen LogP contribution in [0, 0.1) is 17.8 Å². The standard InChI is InChI=1S/C69H134O17P2/c1-8-11-12-13-14-15-16-20-29-36-43-50-66(71)79-56-65(86-69(74)53-46-39-32-24-22-26-33-40-47-60(4)5)59-84-88(77,78)82-55-63(70)54-81-87(75,76)83-58-64(57-80-67(72)51-44-37-30-25-23-28-35-42-49-62(7)10-3)85-68(73)52-45-38-31-21-18-17-19-27-34-41-48-61(6)9-2/h60-65,70H,8-59H2,1-7H3,(H,75,76)(H,77,78)/t61?,62?,63-,64-,65-/m1/s1. The van der Waals surface area contributed by atoms with Gasteiger partial charge in [0.15, 0.2) is 12.2 Å². The van der Waals surface area contributed by atoms with Crippen molar-refractivity contribution in [3.63, 3.8) is 0 Å². The number of hydrogen-bond donors (Lipinski definition) is 3.